The molecular formula is C21H32N4OS. The molecule has 2 heterocycles. The van der Waals surface area contributed by atoms with Gasteiger partial charge in [0.15, 0.2) is 5.16 Å². The Morgan fingerprint density at radius 3 is 2.81 bits per heavy atom. The first-order chi connectivity index (χ1) is 13.0. The van der Waals surface area contributed by atoms with Gasteiger partial charge in [0.1, 0.15) is 5.82 Å². The Kier molecular flexibility index (Phi) is 7.33. The summed E-state index contributed by atoms with van der Waals surface area (Å²) in [5.41, 5.74) is 2.68. The smallest absolute Gasteiger partial charge is 0.191 e. The lowest BCUT2D eigenvalue weighted by Crippen LogP contribution is -2.26. The van der Waals surface area contributed by atoms with E-state index in [0.717, 1.165) is 55.8 Å². The lowest BCUT2D eigenvalue weighted by atomic mass is 10.1. The van der Waals surface area contributed by atoms with Crippen LogP contribution in [0.1, 0.15) is 43.6 Å². The summed E-state index contributed by atoms with van der Waals surface area (Å²) in [6.07, 6.45) is 2.57. The third-order valence-corrected chi connectivity index (χ3v) is 5.93. The lowest BCUT2D eigenvalue weighted by molar-refractivity contribution is 0.0934. The van der Waals surface area contributed by atoms with Crippen LogP contribution >= 0.6 is 11.8 Å². The maximum absolute atomic E-state index is 5.89. The predicted molar refractivity (Wildman–Crippen MR) is 111 cm³/mol. The number of hydrogen-bond acceptors (Lipinski definition) is 5. The normalized spacial score (nSPS) is 17.3. The molecule has 1 aliphatic rings. The highest BCUT2D eigenvalue weighted by Crippen LogP contribution is 2.26. The second-order valence-electron chi connectivity index (χ2n) is 7.95. The van der Waals surface area contributed by atoms with E-state index in [2.05, 4.69) is 71.7 Å². The second kappa shape index (κ2) is 9.71. The summed E-state index contributed by atoms with van der Waals surface area (Å²) in [5.74, 6) is 2.60. The molecule has 0 amide bonds. The number of nitrogens with zero attached hydrogens (tertiary/aromatic N) is 4. The van der Waals surface area contributed by atoms with Crippen LogP contribution in [0.3, 0.4) is 0 Å². The van der Waals surface area contributed by atoms with Gasteiger partial charge in [-0.15, -0.1) is 10.2 Å². The van der Waals surface area contributed by atoms with Crippen LogP contribution in [0.15, 0.2) is 29.4 Å². The molecule has 0 spiro atoms. The third kappa shape index (κ3) is 5.80. The maximum atomic E-state index is 5.89. The molecule has 1 atom stereocenters. The molecule has 27 heavy (non-hydrogen) atoms. The van der Waals surface area contributed by atoms with Crippen molar-refractivity contribution in [2.45, 2.75) is 63.7 Å². The van der Waals surface area contributed by atoms with E-state index in [4.69, 9.17) is 4.74 Å². The van der Waals surface area contributed by atoms with Crippen molar-refractivity contribution in [3.63, 3.8) is 0 Å². The fourth-order valence-corrected chi connectivity index (χ4v) is 4.60. The highest BCUT2D eigenvalue weighted by Gasteiger charge is 2.22. The molecule has 6 heteroatoms. The van der Waals surface area contributed by atoms with Gasteiger partial charge in [-0.2, -0.15) is 0 Å². The van der Waals surface area contributed by atoms with Crippen LogP contribution in [0, 0.1) is 12.8 Å². The average Bonchev–Trinajstić information content (AvgIpc) is 3.25. The fraction of sp³-hybridized carbons (Fsp3) is 0.619. The van der Waals surface area contributed by atoms with Crippen LogP contribution < -0.4 is 0 Å². The summed E-state index contributed by atoms with van der Waals surface area (Å²) in [4.78, 5) is 2.33. The molecular weight excluding hydrogens is 356 g/mol. The van der Waals surface area contributed by atoms with E-state index in [0.29, 0.717) is 5.92 Å². The first-order valence-corrected chi connectivity index (χ1v) is 10.9. The summed E-state index contributed by atoms with van der Waals surface area (Å²) in [6, 6.07) is 8.55. The second-order valence-corrected chi connectivity index (χ2v) is 8.89. The molecule has 0 saturated carbocycles. The first kappa shape index (κ1) is 20.4. The molecule has 1 aliphatic heterocycles. The van der Waals surface area contributed by atoms with Crippen LogP contribution in [0.4, 0.5) is 0 Å². The number of thioether (sulfide) groups is 1. The van der Waals surface area contributed by atoms with Crippen molar-refractivity contribution in [1.82, 2.24) is 19.7 Å². The zero-order valence-electron chi connectivity index (χ0n) is 17.0. The van der Waals surface area contributed by atoms with Crippen molar-refractivity contribution in [3.8, 4) is 0 Å². The molecule has 3 rings (SSSR count). The third-order valence-electron chi connectivity index (χ3n) is 4.91. The van der Waals surface area contributed by atoms with Crippen molar-refractivity contribution >= 4 is 11.8 Å². The fourth-order valence-electron chi connectivity index (χ4n) is 3.56. The van der Waals surface area contributed by atoms with Gasteiger partial charge in [0.2, 0.25) is 0 Å². The Morgan fingerprint density at radius 1 is 1.30 bits per heavy atom. The van der Waals surface area contributed by atoms with Gasteiger partial charge in [-0.3, -0.25) is 4.90 Å². The van der Waals surface area contributed by atoms with E-state index in [1.54, 1.807) is 11.8 Å². The maximum Gasteiger partial charge on any atom is 0.191 e. The van der Waals surface area contributed by atoms with Gasteiger partial charge in [0.05, 0.1) is 19.2 Å². The lowest BCUT2D eigenvalue weighted by Gasteiger charge is -2.20. The van der Waals surface area contributed by atoms with Crippen molar-refractivity contribution < 1.29 is 4.74 Å². The SMILES string of the molecule is Cc1ccccc1CSc1nnc(CN(C)CC(C)C)n1C[C@H]1CCCO1. The molecule has 0 aliphatic carbocycles. The zero-order chi connectivity index (χ0) is 19.2. The van der Waals surface area contributed by atoms with Gasteiger partial charge in [-0.25, -0.2) is 0 Å². The molecule has 0 N–H and O–H groups in total. The number of aryl methyl sites for hydroxylation is 1. The van der Waals surface area contributed by atoms with Gasteiger partial charge < -0.3 is 9.30 Å². The van der Waals surface area contributed by atoms with E-state index >= 15 is 0 Å². The van der Waals surface area contributed by atoms with E-state index in [1.807, 2.05) is 0 Å². The minimum atomic E-state index is 0.285. The molecule has 1 aromatic heterocycles. The van der Waals surface area contributed by atoms with Gasteiger partial charge >= 0.3 is 0 Å². The van der Waals surface area contributed by atoms with Crippen molar-refractivity contribution in [2.75, 3.05) is 20.2 Å². The summed E-state index contributed by atoms with van der Waals surface area (Å²) >= 11 is 1.77. The average molecular weight is 389 g/mol. The number of aromatic nitrogens is 3. The van der Waals surface area contributed by atoms with Gasteiger partial charge in [-0.1, -0.05) is 49.9 Å². The largest absolute Gasteiger partial charge is 0.376 e. The first-order valence-electron chi connectivity index (χ1n) is 9.92. The number of hydrogen-bond donors (Lipinski definition) is 0. The standard InChI is InChI=1S/C21H32N4OS/c1-16(2)12-24(4)14-20-22-23-21(25(20)13-19-10-7-11-26-19)27-15-18-9-6-5-8-17(18)3/h5-6,8-9,16,19H,7,10-15H2,1-4H3/t19-/m1/s1. The molecule has 2 aromatic rings. The molecule has 0 unspecified atom stereocenters. The highest BCUT2D eigenvalue weighted by molar-refractivity contribution is 7.98. The van der Waals surface area contributed by atoms with Gasteiger partial charge in [-0.05, 0) is 43.9 Å². The molecule has 148 valence electrons. The summed E-state index contributed by atoms with van der Waals surface area (Å²) in [5, 5.41) is 10.1. The van der Waals surface area contributed by atoms with Crippen LogP contribution in [0.25, 0.3) is 0 Å². The van der Waals surface area contributed by atoms with E-state index in [1.165, 1.54) is 11.1 Å². The summed E-state index contributed by atoms with van der Waals surface area (Å²) in [6.45, 7) is 10.3. The molecule has 0 bridgehead atoms. The van der Waals surface area contributed by atoms with Crippen LogP contribution in [-0.4, -0.2) is 46.0 Å². The topological polar surface area (TPSA) is 43.2 Å². The van der Waals surface area contributed by atoms with Crippen molar-refractivity contribution in [2.24, 2.45) is 5.92 Å². The zero-order valence-corrected chi connectivity index (χ0v) is 17.8. The molecule has 5 nitrogen and oxygen atoms in total. The van der Waals surface area contributed by atoms with Crippen LogP contribution in [0.5, 0.6) is 0 Å². The minimum absolute atomic E-state index is 0.285. The number of rotatable bonds is 9. The Hall–Kier alpha value is -1.37. The molecule has 1 aromatic carbocycles. The highest BCUT2D eigenvalue weighted by atomic mass is 32.2. The van der Waals surface area contributed by atoms with Gasteiger partial charge in [0, 0.05) is 18.9 Å². The summed E-state index contributed by atoms with van der Waals surface area (Å²) < 4.78 is 8.18. The molecule has 1 fully saturated rings. The van der Waals surface area contributed by atoms with E-state index in [-0.39, 0.29) is 6.10 Å². The Labute approximate surface area is 167 Å². The van der Waals surface area contributed by atoms with Crippen LogP contribution in [-0.2, 0) is 23.6 Å². The van der Waals surface area contributed by atoms with E-state index in [9.17, 15) is 0 Å². The van der Waals surface area contributed by atoms with Gasteiger partial charge in [0.25, 0.3) is 0 Å². The Morgan fingerprint density at radius 2 is 2.11 bits per heavy atom. The quantitative estimate of drug-likeness (QED) is 0.604. The molecule has 1 saturated heterocycles. The predicted octanol–water partition coefficient (Wildman–Crippen LogP) is 4.15. The Balaban J connectivity index is 1.74. The van der Waals surface area contributed by atoms with Crippen LogP contribution in [0.2, 0.25) is 0 Å². The van der Waals surface area contributed by atoms with E-state index < -0.39 is 0 Å². The van der Waals surface area contributed by atoms with Crippen molar-refractivity contribution in [3.05, 3.63) is 41.2 Å². The molecule has 0 radical (unpaired) electrons. The van der Waals surface area contributed by atoms with Crippen molar-refractivity contribution in [1.29, 1.82) is 0 Å². The Bertz CT molecular complexity index is 725. The monoisotopic (exact) mass is 388 g/mol. The number of benzene rings is 1. The summed E-state index contributed by atoms with van der Waals surface area (Å²) in [7, 11) is 2.16. The minimum Gasteiger partial charge on any atom is -0.376 e. The number of ether oxygens (including phenoxy) is 1.